The summed E-state index contributed by atoms with van der Waals surface area (Å²) in [5, 5.41) is 3.18. The molecular weight excluding hydrogens is 300 g/mol. The van der Waals surface area contributed by atoms with Crippen LogP contribution in [0.15, 0.2) is 30.5 Å². The molecule has 2 aliphatic heterocycles. The molecule has 1 N–H and O–H groups in total. The van der Waals surface area contributed by atoms with Crippen molar-refractivity contribution in [1.29, 1.82) is 0 Å². The molecule has 1 aromatic carbocycles. The van der Waals surface area contributed by atoms with Crippen molar-refractivity contribution < 1.29 is 4.79 Å². The number of halogens is 1. The first-order valence-electron chi connectivity index (χ1n) is 7.29. The Labute approximate surface area is 133 Å². The third-order valence-electron chi connectivity index (χ3n) is 4.47. The lowest BCUT2D eigenvalue weighted by Crippen LogP contribution is -2.55. The van der Waals surface area contributed by atoms with E-state index < -0.39 is 0 Å². The first kappa shape index (κ1) is 13.5. The Morgan fingerprint density at radius 3 is 2.95 bits per heavy atom. The van der Waals surface area contributed by atoms with Gasteiger partial charge in [0.25, 0.3) is 0 Å². The van der Waals surface area contributed by atoms with Crippen molar-refractivity contribution in [1.82, 2.24) is 15.3 Å². The quantitative estimate of drug-likeness (QED) is 0.817. The summed E-state index contributed by atoms with van der Waals surface area (Å²) in [5.74, 6) is 0.760. The number of hydrogen-bond donors (Lipinski definition) is 1. The second-order valence-electron chi connectivity index (χ2n) is 5.68. The Morgan fingerprint density at radius 2 is 2.14 bits per heavy atom. The number of aromatic nitrogens is 2. The minimum atomic E-state index is -0.280. The molecule has 0 saturated carbocycles. The molecule has 2 unspecified atom stereocenters. The van der Waals surface area contributed by atoms with Gasteiger partial charge in [-0.15, -0.1) is 0 Å². The van der Waals surface area contributed by atoms with E-state index in [4.69, 9.17) is 11.6 Å². The van der Waals surface area contributed by atoms with Crippen LogP contribution in [0.4, 0.5) is 5.82 Å². The van der Waals surface area contributed by atoms with Crippen LogP contribution in [0, 0.1) is 6.92 Å². The molecule has 3 heterocycles. The zero-order valence-corrected chi connectivity index (χ0v) is 12.8. The van der Waals surface area contributed by atoms with E-state index in [9.17, 15) is 4.79 Å². The summed E-state index contributed by atoms with van der Waals surface area (Å²) in [5.41, 5.74) is 3.27. The molecule has 6 heteroatoms. The summed E-state index contributed by atoms with van der Waals surface area (Å²) >= 11 is 5.97. The van der Waals surface area contributed by atoms with E-state index in [0.717, 1.165) is 29.1 Å². The zero-order valence-electron chi connectivity index (χ0n) is 12.1. The number of amides is 1. The van der Waals surface area contributed by atoms with E-state index in [1.807, 2.05) is 12.1 Å². The van der Waals surface area contributed by atoms with Crippen LogP contribution in [-0.4, -0.2) is 35.0 Å². The molecule has 1 fully saturated rings. The second-order valence-corrected chi connectivity index (χ2v) is 6.02. The summed E-state index contributed by atoms with van der Waals surface area (Å²) in [7, 11) is 0. The predicted molar refractivity (Wildman–Crippen MR) is 84.2 cm³/mol. The largest absolute Gasteiger partial charge is 0.353 e. The predicted octanol–water partition coefficient (Wildman–Crippen LogP) is 1.89. The molecule has 0 bridgehead atoms. The number of piperazine rings is 1. The third kappa shape index (κ3) is 1.89. The molecule has 1 amide bonds. The average Bonchev–Trinajstić information content (AvgIpc) is 2.83. The standard InChI is InChI=1S/C16H15ClN4O/c1-9-4-2-3-5-10(9)12-11-8-19-16(17)20-14(11)21-7-6-18-15(22)13(12)21/h2-5,8,12-13H,6-7H2,1H3,(H,18,22). The van der Waals surface area contributed by atoms with Crippen LogP contribution < -0.4 is 10.2 Å². The van der Waals surface area contributed by atoms with Gasteiger partial charge in [0.2, 0.25) is 11.2 Å². The maximum absolute atomic E-state index is 12.5. The Bertz CT molecular complexity index is 764. The van der Waals surface area contributed by atoms with Gasteiger partial charge in [-0.3, -0.25) is 4.79 Å². The van der Waals surface area contributed by atoms with Crippen LogP contribution in [0.25, 0.3) is 0 Å². The molecule has 2 atom stereocenters. The normalized spacial score (nSPS) is 23.0. The summed E-state index contributed by atoms with van der Waals surface area (Å²) in [6.45, 7) is 3.42. The van der Waals surface area contributed by atoms with E-state index in [1.165, 1.54) is 0 Å². The van der Waals surface area contributed by atoms with Gasteiger partial charge in [-0.2, -0.15) is 0 Å². The highest BCUT2D eigenvalue weighted by molar-refractivity contribution is 6.28. The van der Waals surface area contributed by atoms with Gasteiger partial charge in [-0.1, -0.05) is 24.3 Å². The molecular formula is C16H15ClN4O. The molecule has 22 heavy (non-hydrogen) atoms. The Hall–Kier alpha value is -2.14. The number of rotatable bonds is 1. The molecule has 4 rings (SSSR count). The number of aryl methyl sites for hydroxylation is 1. The van der Waals surface area contributed by atoms with E-state index in [1.54, 1.807) is 6.20 Å². The number of nitrogens with zero attached hydrogens (tertiary/aromatic N) is 3. The smallest absolute Gasteiger partial charge is 0.243 e. The number of carbonyl (C=O) groups is 1. The topological polar surface area (TPSA) is 58.1 Å². The second kappa shape index (κ2) is 4.95. The van der Waals surface area contributed by atoms with Crippen LogP contribution in [0.5, 0.6) is 0 Å². The summed E-state index contributed by atoms with van der Waals surface area (Å²) in [4.78, 5) is 23.1. The third-order valence-corrected chi connectivity index (χ3v) is 4.65. The number of nitrogens with one attached hydrogen (secondary N) is 1. The van der Waals surface area contributed by atoms with E-state index in [-0.39, 0.29) is 23.2 Å². The van der Waals surface area contributed by atoms with Crippen LogP contribution in [-0.2, 0) is 4.79 Å². The van der Waals surface area contributed by atoms with Gasteiger partial charge in [-0.05, 0) is 29.7 Å². The van der Waals surface area contributed by atoms with Crippen LogP contribution >= 0.6 is 11.6 Å². The van der Waals surface area contributed by atoms with Gasteiger partial charge < -0.3 is 10.2 Å². The fourth-order valence-electron chi connectivity index (χ4n) is 3.51. The van der Waals surface area contributed by atoms with Crippen molar-refractivity contribution in [3.05, 3.63) is 52.4 Å². The van der Waals surface area contributed by atoms with Crippen LogP contribution in [0.3, 0.4) is 0 Å². The fourth-order valence-corrected chi connectivity index (χ4v) is 3.64. The van der Waals surface area contributed by atoms with Gasteiger partial charge in [-0.25, -0.2) is 9.97 Å². The highest BCUT2D eigenvalue weighted by atomic mass is 35.5. The van der Waals surface area contributed by atoms with Crippen molar-refractivity contribution in [3.8, 4) is 0 Å². The molecule has 1 saturated heterocycles. The number of carbonyl (C=O) groups excluding carboxylic acids is 1. The lowest BCUT2D eigenvalue weighted by atomic mass is 9.85. The number of fused-ring (bicyclic) bond motifs is 3. The SMILES string of the molecule is Cc1ccccc1C1c2cnc(Cl)nc2N2CCNC(=O)C12. The molecule has 5 nitrogen and oxygen atoms in total. The molecule has 2 aromatic rings. The van der Waals surface area contributed by atoms with Crippen LogP contribution in [0.1, 0.15) is 22.6 Å². The summed E-state index contributed by atoms with van der Waals surface area (Å²) < 4.78 is 0. The summed E-state index contributed by atoms with van der Waals surface area (Å²) in [6.07, 6.45) is 1.76. The molecule has 0 radical (unpaired) electrons. The molecule has 112 valence electrons. The molecule has 0 aliphatic carbocycles. The van der Waals surface area contributed by atoms with Crippen molar-refractivity contribution in [2.24, 2.45) is 0 Å². The minimum absolute atomic E-state index is 0.0358. The van der Waals surface area contributed by atoms with Gasteiger partial charge in [0.15, 0.2) is 0 Å². The first-order valence-corrected chi connectivity index (χ1v) is 7.67. The van der Waals surface area contributed by atoms with Gasteiger partial charge in [0, 0.05) is 30.8 Å². The fraction of sp³-hybridized carbons (Fsp3) is 0.312. The number of benzene rings is 1. The molecule has 1 aromatic heterocycles. The molecule has 2 aliphatic rings. The summed E-state index contributed by atoms with van der Waals surface area (Å²) in [6, 6.07) is 7.87. The average molecular weight is 315 g/mol. The highest BCUT2D eigenvalue weighted by Gasteiger charge is 2.46. The lowest BCUT2D eigenvalue weighted by molar-refractivity contribution is -0.123. The number of anilines is 1. The van der Waals surface area contributed by atoms with Crippen LogP contribution in [0.2, 0.25) is 5.28 Å². The van der Waals surface area contributed by atoms with E-state index in [2.05, 4.69) is 39.2 Å². The van der Waals surface area contributed by atoms with E-state index in [0.29, 0.717) is 6.54 Å². The molecule has 0 spiro atoms. The Morgan fingerprint density at radius 1 is 1.32 bits per heavy atom. The van der Waals surface area contributed by atoms with Crippen molar-refractivity contribution >= 4 is 23.3 Å². The van der Waals surface area contributed by atoms with Gasteiger partial charge in [0.05, 0.1) is 0 Å². The Kier molecular flexibility index (Phi) is 3.04. The highest BCUT2D eigenvalue weighted by Crippen LogP contribution is 2.45. The van der Waals surface area contributed by atoms with Crippen molar-refractivity contribution in [3.63, 3.8) is 0 Å². The Balaban J connectivity index is 1.93. The maximum Gasteiger partial charge on any atom is 0.243 e. The lowest BCUT2D eigenvalue weighted by Gasteiger charge is -2.33. The zero-order chi connectivity index (χ0) is 15.3. The van der Waals surface area contributed by atoms with Gasteiger partial charge in [0.1, 0.15) is 11.9 Å². The van der Waals surface area contributed by atoms with Gasteiger partial charge >= 0.3 is 0 Å². The van der Waals surface area contributed by atoms with Crippen molar-refractivity contribution in [2.75, 3.05) is 18.0 Å². The minimum Gasteiger partial charge on any atom is -0.353 e. The maximum atomic E-state index is 12.5. The first-order chi connectivity index (χ1) is 10.7. The van der Waals surface area contributed by atoms with Crippen molar-refractivity contribution in [2.45, 2.75) is 18.9 Å². The monoisotopic (exact) mass is 314 g/mol. The number of hydrogen-bond acceptors (Lipinski definition) is 4. The van der Waals surface area contributed by atoms with E-state index >= 15 is 0 Å².